The average molecular weight is 1840 g/mol. The van der Waals surface area contributed by atoms with E-state index in [-0.39, 0.29) is 0 Å². The van der Waals surface area contributed by atoms with Crippen LogP contribution in [0, 0.1) is 0 Å². The molecule has 0 saturated carbocycles. The van der Waals surface area contributed by atoms with Crippen LogP contribution in [0.15, 0.2) is 440 Å². The van der Waals surface area contributed by atoms with Gasteiger partial charge >= 0.3 is 38.4 Å². The van der Waals surface area contributed by atoms with E-state index >= 15 is 0 Å². The number of thiophene rings is 3. The molecule has 6 aromatic heterocycles. The highest BCUT2D eigenvalue weighted by Gasteiger charge is 2.21. The van der Waals surface area contributed by atoms with E-state index in [2.05, 4.69) is 248 Å². The standard InChI is InChI=1S/C26H16BN2O3.C24H16BO3.2C24H16BO2S.C18H12BO2S/c30-27-32-23-11-5-9-20-19-13-12-17(14-24(19)31-25(20)23)18-8-4-10-22-21(18)15-28-26(29-22)16-6-2-1-3-7-16;26-25-28-22-12-6-11-21-20-14-13-17(15-23(20)27-24(21)22)19-10-5-4-9-18(19)16-7-2-1-3-8-16;26-25-27-22-11-5-10-20-21-15-19(12-13-23(21)28-24(20)22)18-9-4-8-17(14-18)16-6-2-1-3-7-16;26-25-27-22-12-6-11-20-21-15-17(13-14-23(21)28-24(20)22)19-10-5-4-9-18(19)16-7-2-1-3-8-16;20-19-21-16-8-4-7-14-15-11-13(12-5-2-1-3-6-12)9-10-17(15)22-18(14)16/h1-15,30H;3*1-15,26H;1-11,20H. The Kier molecular flexibility index (Phi) is 26.0. The fraction of sp³-hybridized carbons (Fsp3) is 0. The van der Waals surface area contributed by atoms with Crippen molar-refractivity contribution >= 4 is 188 Å². The van der Waals surface area contributed by atoms with Crippen LogP contribution in [-0.2, 0) is 0 Å². The van der Waals surface area contributed by atoms with Crippen molar-refractivity contribution in [2.75, 3.05) is 0 Å². The molecule has 0 spiro atoms. The number of hydrogen-bond acceptors (Lipinski definition) is 17. The predicted molar refractivity (Wildman–Crippen MR) is 570 cm³/mol. The lowest BCUT2D eigenvalue weighted by Gasteiger charge is -2.10. The predicted octanol–water partition coefficient (Wildman–Crippen LogP) is 28.8. The second-order valence-corrected chi connectivity index (χ2v) is 35.4. The summed E-state index contributed by atoms with van der Waals surface area (Å²) in [6, 6.07) is 144. The summed E-state index contributed by atoms with van der Waals surface area (Å²) < 4.78 is 45.0. The monoisotopic (exact) mass is 1840 g/mol. The van der Waals surface area contributed by atoms with Crippen molar-refractivity contribution in [3.05, 3.63) is 431 Å². The number of hydrogen-bond donors (Lipinski definition) is 5. The number of aromatic nitrogens is 2. The Morgan fingerprint density at radius 1 is 0.210 bits per heavy atom. The number of para-hydroxylation sites is 2. The molecule has 14 nitrogen and oxygen atoms in total. The van der Waals surface area contributed by atoms with Gasteiger partial charge in [-0.2, -0.15) is 0 Å². The van der Waals surface area contributed by atoms with E-state index in [0.29, 0.717) is 61.1 Å². The molecule has 19 aromatic carbocycles. The van der Waals surface area contributed by atoms with Gasteiger partial charge in [0.1, 0.15) is 39.9 Å². The van der Waals surface area contributed by atoms with Gasteiger partial charge < -0.3 is 57.2 Å². The third-order valence-electron chi connectivity index (χ3n) is 24.2. The lowest BCUT2D eigenvalue weighted by atomic mass is 9.94. The van der Waals surface area contributed by atoms with Crippen LogP contribution in [-0.4, -0.2) is 73.5 Å². The Labute approximate surface area is 808 Å². The number of nitrogens with zero attached hydrogens (tertiary/aromatic N) is 2. The maximum atomic E-state index is 9.04. The Balaban J connectivity index is 0.000000103. The first-order chi connectivity index (χ1) is 68.2. The van der Waals surface area contributed by atoms with E-state index < -0.39 is 0 Å². The van der Waals surface area contributed by atoms with Crippen LogP contribution in [0.5, 0.6) is 28.7 Å². The molecule has 0 unspecified atom stereocenters. The zero-order chi connectivity index (χ0) is 93.2. The Morgan fingerprint density at radius 2 is 0.507 bits per heavy atom. The second kappa shape index (κ2) is 40.6. The molecule has 5 radical (unpaired) electrons. The Morgan fingerprint density at radius 3 is 0.935 bits per heavy atom. The summed E-state index contributed by atoms with van der Waals surface area (Å²) in [5.74, 6) is 3.69. The summed E-state index contributed by atoms with van der Waals surface area (Å²) in [7, 11) is 3.53. The second-order valence-electron chi connectivity index (χ2n) is 32.3. The lowest BCUT2D eigenvalue weighted by Crippen LogP contribution is -1.99. The molecule has 0 amide bonds. The topological polar surface area (TPSA) is 199 Å². The number of furan rings is 2. The van der Waals surface area contributed by atoms with Gasteiger partial charge in [0.25, 0.3) is 0 Å². The van der Waals surface area contributed by atoms with Crippen LogP contribution < -0.4 is 23.3 Å². The SMILES string of the molecule is O[B]Oc1cccc2c1oc1cc(-c3cccc4nc(-c5ccccc5)ncc34)ccc12.O[B]Oc1cccc2c1oc1cc(-c3ccccc3-c3ccccc3)ccc12.O[B]Oc1cccc2c1sc1ccc(-c3cccc(-c4ccccc4)c3)cc12.O[B]Oc1cccc2c1sc1ccc(-c3ccccc3)cc12.O[B]Oc1cccc2c1sc1ccc(-c3ccccc3-c3ccccc3)cc12. The fourth-order valence-corrected chi connectivity index (χ4v) is 21.3. The molecule has 0 aliphatic rings. The zero-order valence-electron chi connectivity index (χ0n) is 73.6. The quantitative estimate of drug-likeness (QED) is 0.0479. The molecule has 0 bridgehead atoms. The first-order valence-electron chi connectivity index (χ1n) is 44.4. The number of benzene rings is 19. The molecule has 655 valence electrons. The average Bonchev–Trinajstić information content (AvgIpc) is 1.63. The van der Waals surface area contributed by atoms with Crippen LogP contribution in [0.3, 0.4) is 0 Å². The highest BCUT2D eigenvalue weighted by atomic mass is 32.1. The highest BCUT2D eigenvalue weighted by molar-refractivity contribution is 7.27. The molecular formula is C116H76B5N2O12S3. The molecule has 0 fully saturated rings. The summed E-state index contributed by atoms with van der Waals surface area (Å²) in [6.07, 6.45) is 1.88. The van der Waals surface area contributed by atoms with Crippen LogP contribution in [0.25, 0.3) is 216 Å². The lowest BCUT2D eigenvalue weighted by molar-refractivity contribution is 0.450. The van der Waals surface area contributed by atoms with Crippen molar-refractivity contribution in [1.29, 1.82) is 0 Å². The van der Waals surface area contributed by atoms with Crippen molar-refractivity contribution in [3.8, 4) is 129 Å². The number of rotatable bonds is 19. The van der Waals surface area contributed by atoms with Gasteiger partial charge in [0, 0.05) is 85.1 Å². The van der Waals surface area contributed by atoms with E-state index in [0.717, 1.165) is 125 Å². The summed E-state index contributed by atoms with van der Waals surface area (Å²) in [5, 5.41) is 56.9. The van der Waals surface area contributed by atoms with Gasteiger partial charge in [0.05, 0.1) is 19.6 Å². The minimum Gasteiger partial charge on any atom is -0.536 e. The zero-order valence-corrected chi connectivity index (χ0v) is 76.0. The molecule has 0 atom stereocenters. The van der Waals surface area contributed by atoms with Crippen LogP contribution in [0.2, 0.25) is 0 Å². The van der Waals surface area contributed by atoms with Gasteiger partial charge in [-0.25, -0.2) is 9.97 Å². The van der Waals surface area contributed by atoms with Crippen molar-refractivity contribution < 1.29 is 57.2 Å². The van der Waals surface area contributed by atoms with Gasteiger partial charge in [-0.05, 0) is 192 Å². The molecule has 0 aliphatic heterocycles. The van der Waals surface area contributed by atoms with Crippen molar-refractivity contribution in [2.24, 2.45) is 0 Å². The Bertz CT molecular complexity index is 8700. The van der Waals surface area contributed by atoms with E-state index in [4.69, 9.17) is 62.2 Å². The largest absolute Gasteiger partial charge is 0.569 e. The summed E-state index contributed by atoms with van der Waals surface area (Å²) in [6.45, 7) is 0. The molecule has 22 heteroatoms. The molecule has 6 heterocycles. The fourth-order valence-electron chi connectivity index (χ4n) is 17.9. The minimum atomic E-state index is 0.467. The van der Waals surface area contributed by atoms with Gasteiger partial charge in [-0.15, -0.1) is 34.0 Å². The maximum absolute atomic E-state index is 9.04. The molecular weight excluding hydrogens is 1760 g/mol. The molecule has 0 saturated heterocycles. The first-order valence-corrected chi connectivity index (χ1v) is 46.9. The molecule has 138 heavy (non-hydrogen) atoms. The summed E-state index contributed by atoms with van der Waals surface area (Å²) >= 11 is 5.03. The highest BCUT2D eigenvalue weighted by Crippen LogP contribution is 2.48. The van der Waals surface area contributed by atoms with Crippen LogP contribution >= 0.6 is 34.0 Å². The summed E-state index contributed by atoms with van der Waals surface area (Å²) in [4.78, 5) is 9.40. The summed E-state index contributed by atoms with van der Waals surface area (Å²) in [5.41, 5.74) is 23.3. The van der Waals surface area contributed by atoms with Crippen molar-refractivity contribution in [1.82, 2.24) is 9.97 Å². The van der Waals surface area contributed by atoms with Gasteiger partial charge in [0.15, 0.2) is 17.0 Å². The normalized spacial score (nSPS) is 11.1. The van der Waals surface area contributed by atoms with E-state index in [1.54, 1.807) is 46.1 Å². The van der Waals surface area contributed by atoms with Crippen LogP contribution in [0.1, 0.15) is 0 Å². The first kappa shape index (κ1) is 88.5. The third-order valence-corrected chi connectivity index (χ3v) is 27.8. The molecule has 0 aliphatic carbocycles. The van der Waals surface area contributed by atoms with Crippen molar-refractivity contribution in [2.45, 2.75) is 0 Å². The number of fused-ring (bicyclic) bond motifs is 16. The molecule has 25 rings (SSSR count). The van der Waals surface area contributed by atoms with E-state index in [9.17, 15) is 0 Å². The Hall–Kier alpha value is -16.1. The molecule has 25 aromatic rings. The van der Waals surface area contributed by atoms with E-state index in [1.807, 2.05) is 176 Å². The smallest absolute Gasteiger partial charge is 0.536 e. The van der Waals surface area contributed by atoms with Crippen LogP contribution in [0.4, 0.5) is 0 Å². The van der Waals surface area contributed by atoms with Gasteiger partial charge in [-0.3, -0.25) is 0 Å². The van der Waals surface area contributed by atoms with Gasteiger partial charge in [0.2, 0.25) is 0 Å². The molecule has 5 N–H and O–H groups in total. The van der Waals surface area contributed by atoms with Gasteiger partial charge in [-0.1, -0.05) is 322 Å². The minimum absolute atomic E-state index is 0.467. The maximum Gasteiger partial charge on any atom is 0.569 e. The van der Waals surface area contributed by atoms with E-state index in [1.165, 1.54) is 97.0 Å². The third kappa shape index (κ3) is 18.2. The van der Waals surface area contributed by atoms with Crippen molar-refractivity contribution in [3.63, 3.8) is 0 Å².